The number of hydrogen-bond acceptors (Lipinski definition) is 5. The molecule has 35 heavy (non-hydrogen) atoms. The van der Waals surface area contributed by atoms with Gasteiger partial charge in [-0.3, -0.25) is 14.5 Å². The summed E-state index contributed by atoms with van der Waals surface area (Å²) in [6.45, 7) is 0. The Balaban J connectivity index is 1.78. The van der Waals surface area contributed by atoms with Crippen molar-refractivity contribution in [2.75, 3.05) is 19.1 Å². The molecule has 0 bridgehead atoms. The van der Waals surface area contributed by atoms with Crippen molar-refractivity contribution in [3.05, 3.63) is 76.5 Å². The van der Waals surface area contributed by atoms with E-state index in [1.165, 1.54) is 17.8 Å². The zero-order valence-corrected chi connectivity index (χ0v) is 21.1. The highest BCUT2D eigenvalue weighted by Gasteiger charge is 2.34. The number of methoxy groups -OCH3 is 2. The molecule has 2 amide bonds. The molecule has 1 fully saturated rings. The van der Waals surface area contributed by atoms with Crippen LogP contribution in [0.1, 0.15) is 48.6 Å². The van der Waals surface area contributed by atoms with Crippen molar-refractivity contribution in [1.29, 1.82) is 0 Å². The molecule has 3 aromatic rings. The molecule has 0 unspecified atom stereocenters. The second-order valence-corrected chi connectivity index (χ2v) is 9.78. The molecule has 0 aliphatic heterocycles. The first kappa shape index (κ1) is 24.8. The first-order chi connectivity index (χ1) is 17.1. The average Bonchev–Trinajstić information content (AvgIpc) is 3.40. The highest BCUT2D eigenvalue weighted by molar-refractivity contribution is 7.10. The lowest BCUT2D eigenvalue weighted by Gasteiger charge is -2.33. The third kappa shape index (κ3) is 6.22. The molecule has 1 heterocycles. The van der Waals surface area contributed by atoms with Gasteiger partial charge in [0.15, 0.2) is 0 Å². The molecule has 4 rings (SSSR count). The molecule has 0 radical (unpaired) electrons. The van der Waals surface area contributed by atoms with Gasteiger partial charge in [0.1, 0.15) is 17.5 Å². The van der Waals surface area contributed by atoms with Crippen LogP contribution in [0.15, 0.2) is 66.0 Å². The molecule has 0 spiro atoms. The van der Waals surface area contributed by atoms with Crippen LogP contribution in [0, 0.1) is 0 Å². The Morgan fingerprint density at radius 2 is 1.69 bits per heavy atom. The summed E-state index contributed by atoms with van der Waals surface area (Å²) in [5, 5.41) is 5.20. The molecule has 1 aromatic heterocycles. The zero-order valence-electron chi connectivity index (χ0n) is 20.2. The Labute approximate surface area is 210 Å². The minimum atomic E-state index is -0.855. The summed E-state index contributed by atoms with van der Waals surface area (Å²) in [5.74, 6) is 0.905. The van der Waals surface area contributed by atoms with E-state index in [4.69, 9.17) is 9.47 Å². The van der Waals surface area contributed by atoms with Gasteiger partial charge in [-0.05, 0) is 54.1 Å². The van der Waals surface area contributed by atoms with Crippen LogP contribution in [-0.4, -0.2) is 32.1 Å². The molecular formula is C28H32N2O4S. The van der Waals surface area contributed by atoms with E-state index < -0.39 is 6.04 Å². The summed E-state index contributed by atoms with van der Waals surface area (Å²) in [6, 6.07) is 17.8. The number of ether oxygens (including phenoxy) is 2. The number of thiophene rings is 1. The second kappa shape index (κ2) is 11.9. The maximum Gasteiger partial charge on any atom is 0.248 e. The Kier molecular flexibility index (Phi) is 8.42. The van der Waals surface area contributed by atoms with Gasteiger partial charge >= 0.3 is 0 Å². The predicted octanol–water partition coefficient (Wildman–Crippen LogP) is 5.53. The smallest absolute Gasteiger partial charge is 0.248 e. The largest absolute Gasteiger partial charge is 0.497 e. The van der Waals surface area contributed by atoms with Crippen molar-refractivity contribution in [1.82, 2.24) is 5.32 Å². The van der Waals surface area contributed by atoms with Gasteiger partial charge in [0.05, 0.1) is 20.6 Å². The Bertz CT molecular complexity index is 1130. The van der Waals surface area contributed by atoms with Crippen LogP contribution in [0.4, 0.5) is 5.69 Å². The SMILES string of the molecule is COc1cccc([C@@H](C(=O)NC2CCCCC2)N(C(=O)Cc2cccs2)c2cccc(OC)c2)c1. The van der Waals surface area contributed by atoms with Gasteiger partial charge in [-0.25, -0.2) is 0 Å². The molecular weight excluding hydrogens is 460 g/mol. The van der Waals surface area contributed by atoms with Crippen LogP contribution in [0.25, 0.3) is 0 Å². The lowest BCUT2D eigenvalue weighted by molar-refractivity contribution is -0.127. The Morgan fingerprint density at radius 1 is 0.971 bits per heavy atom. The number of amides is 2. The molecule has 1 aliphatic carbocycles. The maximum atomic E-state index is 13.9. The summed E-state index contributed by atoms with van der Waals surface area (Å²) in [5.41, 5.74) is 1.30. The Hall–Kier alpha value is -3.32. The third-order valence-corrected chi connectivity index (χ3v) is 7.25. The van der Waals surface area contributed by atoms with Gasteiger partial charge in [-0.15, -0.1) is 11.3 Å². The van der Waals surface area contributed by atoms with Crippen molar-refractivity contribution in [2.45, 2.75) is 50.6 Å². The fourth-order valence-corrected chi connectivity index (χ4v) is 5.30. The highest BCUT2D eigenvalue weighted by atomic mass is 32.1. The summed E-state index contributed by atoms with van der Waals surface area (Å²) in [7, 11) is 3.18. The lowest BCUT2D eigenvalue weighted by Crippen LogP contribution is -2.47. The highest BCUT2D eigenvalue weighted by Crippen LogP contribution is 2.33. The molecule has 1 atom stereocenters. The molecule has 2 aromatic carbocycles. The fourth-order valence-electron chi connectivity index (χ4n) is 4.60. The predicted molar refractivity (Wildman–Crippen MR) is 139 cm³/mol. The van der Waals surface area contributed by atoms with Gasteiger partial charge in [0.2, 0.25) is 11.8 Å². The number of nitrogens with one attached hydrogen (secondary N) is 1. The van der Waals surface area contributed by atoms with E-state index in [0.29, 0.717) is 22.7 Å². The van der Waals surface area contributed by atoms with E-state index in [0.717, 1.165) is 30.6 Å². The number of anilines is 1. The number of hydrogen-bond donors (Lipinski definition) is 1. The average molecular weight is 493 g/mol. The van der Waals surface area contributed by atoms with E-state index in [9.17, 15) is 9.59 Å². The van der Waals surface area contributed by atoms with E-state index in [-0.39, 0.29) is 24.3 Å². The number of benzene rings is 2. The fraction of sp³-hybridized carbons (Fsp3) is 0.357. The molecule has 1 aliphatic rings. The van der Waals surface area contributed by atoms with Crippen molar-refractivity contribution >= 4 is 28.8 Å². The minimum Gasteiger partial charge on any atom is -0.497 e. The molecule has 1 saturated carbocycles. The molecule has 1 N–H and O–H groups in total. The van der Waals surface area contributed by atoms with Crippen LogP contribution < -0.4 is 19.7 Å². The lowest BCUT2D eigenvalue weighted by atomic mass is 9.94. The molecule has 7 heteroatoms. The van der Waals surface area contributed by atoms with Crippen molar-refractivity contribution < 1.29 is 19.1 Å². The Morgan fingerprint density at radius 3 is 2.37 bits per heavy atom. The first-order valence-electron chi connectivity index (χ1n) is 12.0. The second-order valence-electron chi connectivity index (χ2n) is 8.74. The van der Waals surface area contributed by atoms with E-state index in [1.807, 2.05) is 60.0 Å². The zero-order chi connectivity index (χ0) is 24.6. The van der Waals surface area contributed by atoms with Crippen LogP contribution in [0.5, 0.6) is 11.5 Å². The topological polar surface area (TPSA) is 67.9 Å². The van der Waals surface area contributed by atoms with Crippen LogP contribution in [-0.2, 0) is 16.0 Å². The van der Waals surface area contributed by atoms with Crippen LogP contribution in [0.3, 0.4) is 0 Å². The molecule has 0 saturated heterocycles. The van der Waals surface area contributed by atoms with Crippen molar-refractivity contribution in [3.63, 3.8) is 0 Å². The summed E-state index contributed by atoms with van der Waals surface area (Å²) in [6.07, 6.45) is 5.52. The van der Waals surface area contributed by atoms with Gasteiger partial charge < -0.3 is 14.8 Å². The minimum absolute atomic E-state index is 0.115. The molecule has 6 nitrogen and oxygen atoms in total. The molecule has 184 valence electrons. The maximum absolute atomic E-state index is 13.9. The van der Waals surface area contributed by atoms with Gasteiger partial charge in [-0.2, -0.15) is 0 Å². The van der Waals surface area contributed by atoms with Crippen molar-refractivity contribution in [3.8, 4) is 11.5 Å². The van der Waals surface area contributed by atoms with Gasteiger partial charge in [-0.1, -0.05) is 43.5 Å². The van der Waals surface area contributed by atoms with Gasteiger partial charge in [0, 0.05) is 22.7 Å². The van der Waals surface area contributed by atoms with E-state index in [2.05, 4.69) is 5.32 Å². The summed E-state index contributed by atoms with van der Waals surface area (Å²) < 4.78 is 10.9. The monoisotopic (exact) mass is 492 g/mol. The van der Waals surface area contributed by atoms with E-state index >= 15 is 0 Å². The standard InChI is InChI=1S/C28H32N2O4S/c1-33-23-13-6-9-20(17-23)27(28(32)29-21-10-4-3-5-11-21)30(22-12-7-14-24(18-22)34-2)26(31)19-25-15-8-16-35-25/h6-9,12-18,21,27H,3-5,10-11,19H2,1-2H3,(H,29,32)/t27-/m0/s1. The van der Waals surface area contributed by atoms with Gasteiger partial charge in [0.25, 0.3) is 0 Å². The quantitative estimate of drug-likeness (QED) is 0.426. The van der Waals surface area contributed by atoms with Crippen LogP contribution in [0.2, 0.25) is 0 Å². The number of rotatable bonds is 9. The normalized spacial score (nSPS) is 14.7. The number of nitrogens with zero attached hydrogens (tertiary/aromatic N) is 1. The number of carbonyl (C=O) groups is 2. The van der Waals surface area contributed by atoms with Crippen molar-refractivity contribution in [2.24, 2.45) is 0 Å². The third-order valence-electron chi connectivity index (χ3n) is 6.37. The van der Waals surface area contributed by atoms with E-state index in [1.54, 1.807) is 25.2 Å². The van der Waals surface area contributed by atoms with Crippen LogP contribution >= 0.6 is 11.3 Å². The summed E-state index contributed by atoms with van der Waals surface area (Å²) >= 11 is 1.53. The first-order valence-corrected chi connectivity index (χ1v) is 12.9. The summed E-state index contributed by atoms with van der Waals surface area (Å²) in [4.78, 5) is 30.3. The number of carbonyl (C=O) groups excluding carboxylic acids is 2.